The molecule has 1 aromatic heterocycles. The monoisotopic (exact) mass is 293 g/mol. The zero-order valence-corrected chi connectivity index (χ0v) is 12.6. The van der Waals surface area contributed by atoms with Gasteiger partial charge in [0.25, 0.3) is 0 Å². The summed E-state index contributed by atoms with van der Waals surface area (Å²) in [6.45, 7) is 2.09. The fourth-order valence-corrected chi connectivity index (χ4v) is 3.96. The van der Waals surface area contributed by atoms with Gasteiger partial charge in [-0.1, -0.05) is 17.7 Å². The van der Waals surface area contributed by atoms with E-state index in [1.54, 1.807) is 18.4 Å². The highest BCUT2D eigenvalue weighted by atomic mass is 35.5. The van der Waals surface area contributed by atoms with Crippen LogP contribution in [0, 0.1) is 6.92 Å². The average molecular weight is 294 g/mol. The van der Waals surface area contributed by atoms with Gasteiger partial charge in [0.05, 0.1) is 23.2 Å². The van der Waals surface area contributed by atoms with Gasteiger partial charge in [0, 0.05) is 4.88 Å². The van der Waals surface area contributed by atoms with Crippen molar-refractivity contribution in [2.24, 2.45) is 0 Å². The number of hydrogen-bond donors (Lipinski definition) is 1. The van der Waals surface area contributed by atoms with Gasteiger partial charge in [0.15, 0.2) is 0 Å². The van der Waals surface area contributed by atoms with E-state index in [2.05, 4.69) is 30.4 Å². The first-order valence-corrected chi connectivity index (χ1v) is 7.56. The van der Waals surface area contributed by atoms with Crippen LogP contribution in [0.5, 0.6) is 5.75 Å². The van der Waals surface area contributed by atoms with E-state index in [1.165, 1.54) is 16.0 Å². The second kappa shape index (κ2) is 5.06. The van der Waals surface area contributed by atoms with Crippen LogP contribution in [0.15, 0.2) is 24.3 Å². The normalized spacial score (nSPS) is 17.3. The number of methoxy groups -OCH3 is 1. The Morgan fingerprint density at radius 1 is 1.37 bits per heavy atom. The Morgan fingerprint density at radius 3 is 3.00 bits per heavy atom. The maximum Gasteiger partial charge on any atom is 0.141 e. The molecule has 0 spiro atoms. The van der Waals surface area contributed by atoms with E-state index < -0.39 is 0 Å². The van der Waals surface area contributed by atoms with Gasteiger partial charge in [0.1, 0.15) is 5.75 Å². The molecule has 2 aromatic rings. The third-order valence-corrected chi connectivity index (χ3v) is 4.87. The van der Waals surface area contributed by atoms with Crippen molar-refractivity contribution in [1.82, 2.24) is 0 Å². The van der Waals surface area contributed by atoms with Crippen LogP contribution < -0.4 is 10.1 Å². The molecule has 2 nitrogen and oxygen atoms in total. The molecule has 0 aliphatic heterocycles. The Morgan fingerprint density at radius 2 is 2.21 bits per heavy atom. The van der Waals surface area contributed by atoms with Crippen LogP contribution in [0.4, 0.5) is 5.69 Å². The fraction of sp³-hybridized carbons (Fsp3) is 0.333. The summed E-state index contributed by atoms with van der Waals surface area (Å²) >= 11 is 7.79. The van der Waals surface area contributed by atoms with Crippen molar-refractivity contribution in [3.05, 3.63) is 44.6 Å². The van der Waals surface area contributed by atoms with Crippen molar-refractivity contribution in [2.75, 3.05) is 12.4 Å². The third-order valence-electron chi connectivity index (χ3n) is 3.53. The van der Waals surface area contributed by atoms with Gasteiger partial charge in [-0.05, 0) is 49.1 Å². The highest BCUT2D eigenvalue weighted by Crippen LogP contribution is 2.42. The standard InChI is InChI=1S/C15H16ClNOS/c1-9-3-5-13(18-2)12(7-9)17-11-4-6-14-10(11)8-15(16)19-14/h3,5,7-8,11,17H,4,6H2,1-2H3. The van der Waals surface area contributed by atoms with Crippen molar-refractivity contribution in [1.29, 1.82) is 0 Å². The van der Waals surface area contributed by atoms with E-state index in [4.69, 9.17) is 16.3 Å². The van der Waals surface area contributed by atoms with Crippen molar-refractivity contribution < 1.29 is 4.74 Å². The van der Waals surface area contributed by atoms with Crippen LogP contribution in [-0.4, -0.2) is 7.11 Å². The molecule has 0 amide bonds. The molecule has 1 aliphatic carbocycles. The molecule has 4 heteroatoms. The minimum Gasteiger partial charge on any atom is -0.495 e. The predicted molar refractivity (Wildman–Crippen MR) is 81.7 cm³/mol. The second-order valence-electron chi connectivity index (χ2n) is 4.87. The van der Waals surface area contributed by atoms with Crippen molar-refractivity contribution in [2.45, 2.75) is 25.8 Å². The highest BCUT2D eigenvalue weighted by molar-refractivity contribution is 7.16. The first kappa shape index (κ1) is 12.8. The number of rotatable bonds is 3. The molecule has 0 saturated carbocycles. The number of thiophene rings is 1. The molecule has 1 unspecified atom stereocenters. The molecule has 19 heavy (non-hydrogen) atoms. The minimum absolute atomic E-state index is 0.342. The summed E-state index contributed by atoms with van der Waals surface area (Å²) in [5, 5.41) is 3.59. The summed E-state index contributed by atoms with van der Waals surface area (Å²) < 4.78 is 6.30. The maximum absolute atomic E-state index is 6.10. The molecule has 1 heterocycles. The highest BCUT2D eigenvalue weighted by Gasteiger charge is 2.25. The molecule has 0 bridgehead atoms. The van der Waals surface area contributed by atoms with Gasteiger partial charge in [-0.3, -0.25) is 0 Å². The van der Waals surface area contributed by atoms with E-state index in [-0.39, 0.29) is 0 Å². The Kier molecular flexibility index (Phi) is 3.42. The van der Waals surface area contributed by atoms with Gasteiger partial charge in [-0.25, -0.2) is 0 Å². The lowest BCUT2D eigenvalue weighted by atomic mass is 10.1. The lowest BCUT2D eigenvalue weighted by Gasteiger charge is -2.17. The molecular weight excluding hydrogens is 278 g/mol. The zero-order valence-electron chi connectivity index (χ0n) is 11.0. The largest absolute Gasteiger partial charge is 0.495 e. The van der Waals surface area contributed by atoms with Crippen LogP contribution in [0.3, 0.4) is 0 Å². The van der Waals surface area contributed by atoms with E-state index in [0.29, 0.717) is 6.04 Å². The second-order valence-corrected chi connectivity index (χ2v) is 6.64. The number of nitrogens with one attached hydrogen (secondary N) is 1. The number of anilines is 1. The van der Waals surface area contributed by atoms with Gasteiger partial charge in [-0.15, -0.1) is 11.3 Å². The molecule has 100 valence electrons. The SMILES string of the molecule is COc1ccc(C)cc1NC1CCc2sc(Cl)cc21. The number of benzene rings is 1. The zero-order chi connectivity index (χ0) is 13.4. The van der Waals surface area contributed by atoms with E-state index in [0.717, 1.165) is 28.6 Å². The van der Waals surface area contributed by atoms with E-state index in [1.807, 2.05) is 6.07 Å². The molecule has 3 rings (SSSR count). The Balaban J connectivity index is 1.88. The first-order chi connectivity index (χ1) is 9.17. The molecule has 1 N–H and O–H groups in total. The molecule has 0 saturated heterocycles. The summed E-state index contributed by atoms with van der Waals surface area (Å²) in [6.07, 6.45) is 2.23. The number of hydrogen-bond acceptors (Lipinski definition) is 3. The van der Waals surface area contributed by atoms with Crippen molar-refractivity contribution in [3.63, 3.8) is 0 Å². The Labute approximate surface area is 122 Å². The molecular formula is C15H16ClNOS. The minimum atomic E-state index is 0.342. The van der Waals surface area contributed by atoms with Crippen LogP contribution in [0.1, 0.15) is 28.5 Å². The van der Waals surface area contributed by atoms with Crippen LogP contribution in [-0.2, 0) is 6.42 Å². The van der Waals surface area contributed by atoms with Gasteiger partial charge in [0.2, 0.25) is 0 Å². The average Bonchev–Trinajstić information content (AvgIpc) is 2.91. The molecule has 1 aromatic carbocycles. The predicted octanol–water partition coefficient (Wildman–Crippen LogP) is 4.82. The summed E-state index contributed by atoms with van der Waals surface area (Å²) in [5.41, 5.74) is 3.63. The number of ether oxygens (including phenoxy) is 1. The summed E-state index contributed by atoms with van der Waals surface area (Å²) in [5.74, 6) is 0.889. The van der Waals surface area contributed by atoms with Crippen LogP contribution >= 0.6 is 22.9 Å². The van der Waals surface area contributed by atoms with E-state index in [9.17, 15) is 0 Å². The van der Waals surface area contributed by atoms with Crippen LogP contribution in [0.2, 0.25) is 4.34 Å². The summed E-state index contributed by atoms with van der Waals surface area (Å²) in [7, 11) is 1.71. The van der Waals surface area contributed by atoms with Gasteiger partial charge >= 0.3 is 0 Å². The maximum atomic E-state index is 6.10. The molecule has 0 radical (unpaired) electrons. The Bertz CT molecular complexity index is 608. The number of aryl methyl sites for hydroxylation is 2. The third kappa shape index (κ3) is 2.45. The quantitative estimate of drug-likeness (QED) is 0.876. The topological polar surface area (TPSA) is 21.3 Å². The number of fused-ring (bicyclic) bond motifs is 1. The lowest BCUT2D eigenvalue weighted by Crippen LogP contribution is -2.07. The molecule has 1 atom stereocenters. The molecule has 1 aliphatic rings. The Hall–Kier alpha value is -1.19. The summed E-state index contributed by atoms with van der Waals surface area (Å²) in [4.78, 5) is 1.41. The number of halogens is 1. The van der Waals surface area contributed by atoms with E-state index >= 15 is 0 Å². The molecule has 0 fully saturated rings. The van der Waals surface area contributed by atoms with Gasteiger partial charge in [-0.2, -0.15) is 0 Å². The smallest absolute Gasteiger partial charge is 0.141 e. The summed E-state index contributed by atoms with van der Waals surface area (Å²) in [6, 6.07) is 8.63. The van der Waals surface area contributed by atoms with Crippen molar-refractivity contribution in [3.8, 4) is 5.75 Å². The first-order valence-electron chi connectivity index (χ1n) is 6.36. The van der Waals surface area contributed by atoms with Crippen molar-refractivity contribution >= 4 is 28.6 Å². The lowest BCUT2D eigenvalue weighted by molar-refractivity contribution is 0.416. The van der Waals surface area contributed by atoms with Crippen LogP contribution in [0.25, 0.3) is 0 Å². The fourth-order valence-electron chi connectivity index (χ4n) is 2.60. The van der Waals surface area contributed by atoms with Gasteiger partial charge < -0.3 is 10.1 Å².